The van der Waals surface area contributed by atoms with Crippen LogP contribution in [0.3, 0.4) is 0 Å². The molecule has 0 unspecified atom stereocenters. The molecule has 0 aliphatic carbocycles. The van der Waals surface area contributed by atoms with E-state index in [-0.39, 0.29) is 35.5 Å². The maximum Gasteiger partial charge on any atom is 0.316 e. The Hall–Kier alpha value is -4.81. The average Bonchev–Trinajstić information content (AvgIpc) is 3.49. The maximum absolute atomic E-state index is 13.6. The highest BCUT2D eigenvalue weighted by Crippen LogP contribution is 2.20. The second-order valence-corrected chi connectivity index (χ2v) is 10.3. The molecular formula is C29H35N7O6. The minimum atomic E-state index is -0.955. The summed E-state index contributed by atoms with van der Waals surface area (Å²) in [6.45, 7) is 3.95. The van der Waals surface area contributed by atoms with Gasteiger partial charge in [0.15, 0.2) is 5.69 Å². The summed E-state index contributed by atoms with van der Waals surface area (Å²) in [7, 11) is 1.41. The van der Waals surface area contributed by atoms with Crippen molar-refractivity contribution in [3.8, 4) is 6.01 Å². The molecule has 0 fully saturated rings. The summed E-state index contributed by atoms with van der Waals surface area (Å²) in [6, 6.07) is 6.97. The number of methoxy groups -OCH3 is 1. The molecule has 42 heavy (non-hydrogen) atoms. The lowest BCUT2D eigenvalue weighted by Gasteiger charge is -2.27. The molecule has 4 N–H and O–H groups in total. The van der Waals surface area contributed by atoms with Gasteiger partial charge < -0.3 is 30.4 Å². The molecule has 0 radical (unpaired) electrons. The second-order valence-electron chi connectivity index (χ2n) is 10.3. The molecule has 1 aliphatic heterocycles. The van der Waals surface area contributed by atoms with E-state index < -0.39 is 41.8 Å². The van der Waals surface area contributed by atoms with Crippen LogP contribution in [0.15, 0.2) is 53.4 Å². The number of carbonyl (C=O) groups is 4. The number of ether oxygens (including phenoxy) is 1. The predicted molar refractivity (Wildman–Crippen MR) is 150 cm³/mol. The van der Waals surface area contributed by atoms with Crippen LogP contribution in [0.5, 0.6) is 6.01 Å². The highest BCUT2D eigenvalue weighted by atomic mass is 16.5. The fourth-order valence-corrected chi connectivity index (χ4v) is 4.47. The van der Waals surface area contributed by atoms with Gasteiger partial charge >= 0.3 is 6.01 Å². The Balaban J connectivity index is 1.58. The minimum absolute atomic E-state index is 0.102. The average molecular weight is 578 g/mol. The van der Waals surface area contributed by atoms with Crippen molar-refractivity contribution in [3.63, 3.8) is 0 Å². The first-order chi connectivity index (χ1) is 20.2. The summed E-state index contributed by atoms with van der Waals surface area (Å²) < 4.78 is 10.6. The van der Waals surface area contributed by atoms with Crippen LogP contribution in [0.25, 0.3) is 0 Å². The van der Waals surface area contributed by atoms with E-state index in [9.17, 15) is 19.2 Å². The van der Waals surface area contributed by atoms with Gasteiger partial charge in [-0.1, -0.05) is 44.2 Å². The van der Waals surface area contributed by atoms with E-state index >= 15 is 0 Å². The zero-order chi connectivity index (χ0) is 30.1. The zero-order valence-corrected chi connectivity index (χ0v) is 23.8. The molecule has 4 rings (SSSR count). The number of fused-ring (bicyclic) bond motifs is 2. The fourth-order valence-electron chi connectivity index (χ4n) is 4.47. The fraction of sp³-hybridized carbons (Fsp3) is 0.414. The Morgan fingerprint density at radius 3 is 2.50 bits per heavy atom. The normalized spacial score (nSPS) is 20.3. The molecule has 13 nitrogen and oxygen atoms in total. The van der Waals surface area contributed by atoms with Gasteiger partial charge in [-0.3, -0.25) is 19.2 Å². The van der Waals surface area contributed by atoms with Gasteiger partial charge in [-0.15, -0.1) is 0 Å². The number of aromatic nitrogens is 3. The lowest BCUT2D eigenvalue weighted by atomic mass is 10.00. The Labute approximate surface area is 243 Å². The van der Waals surface area contributed by atoms with Gasteiger partial charge in [-0.05, 0) is 30.7 Å². The first-order valence-electron chi connectivity index (χ1n) is 13.8. The number of amides is 4. The molecule has 1 aliphatic rings. The summed E-state index contributed by atoms with van der Waals surface area (Å²) in [5.41, 5.74) is 1.16. The summed E-state index contributed by atoms with van der Waals surface area (Å²) in [5, 5.41) is 11.3. The van der Waals surface area contributed by atoms with E-state index in [0.717, 1.165) is 5.56 Å². The smallest absolute Gasteiger partial charge is 0.316 e. The minimum Gasteiger partial charge on any atom is -0.467 e. The van der Waals surface area contributed by atoms with Crippen molar-refractivity contribution in [2.75, 3.05) is 13.7 Å². The lowest BCUT2D eigenvalue weighted by molar-refractivity contribution is -0.131. The maximum atomic E-state index is 13.6. The molecule has 1 aromatic carbocycles. The molecule has 0 saturated heterocycles. The third kappa shape index (κ3) is 7.89. The molecule has 2 bridgehead atoms. The standard InChI is InChI=1S/C29H35N7O6/c1-17(2)23-27(40)34-21(13-18-9-5-4-6-10-18)28-35-22(16-42-28)25(38)30-12-8-7-11-20(26(39)36-23)33-24(37)19-14-31-29(41-3)32-15-19/h4-6,9-10,14-17,20-21,23H,7-8,11-13H2,1-3H3,(H,30,38)(H,33,37)(H,34,40)(H,36,39)/t20-,21+,23-/m0/s1. The number of nitrogens with one attached hydrogen (secondary N) is 4. The SMILES string of the molecule is COc1ncc(C(=O)N[C@H]2CCCCNC(=O)c3coc(n3)[C@@H](Cc3ccccc3)NC(=O)[C@H](C(C)C)NC2=O)cn1. The Bertz CT molecular complexity index is 1380. The van der Waals surface area contributed by atoms with E-state index in [4.69, 9.17) is 9.15 Å². The van der Waals surface area contributed by atoms with Gasteiger partial charge in [-0.25, -0.2) is 15.0 Å². The van der Waals surface area contributed by atoms with Gasteiger partial charge in [-0.2, -0.15) is 0 Å². The number of rotatable bonds is 6. The number of carbonyl (C=O) groups excluding carboxylic acids is 4. The highest BCUT2D eigenvalue weighted by molar-refractivity contribution is 5.98. The molecule has 3 aromatic rings. The number of oxazole rings is 1. The Morgan fingerprint density at radius 2 is 1.81 bits per heavy atom. The van der Waals surface area contributed by atoms with E-state index in [1.54, 1.807) is 0 Å². The third-order valence-electron chi connectivity index (χ3n) is 6.80. The third-order valence-corrected chi connectivity index (χ3v) is 6.80. The van der Waals surface area contributed by atoms with Crippen LogP contribution in [0, 0.1) is 5.92 Å². The highest BCUT2D eigenvalue weighted by Gasteiger charge is 2.32. The monoisotopic (exact) mass is 577 g/mol. The van der Waals surface area contributed by atoms with Crippen LogP contribution in [0.4, 0.5) is 0 Å². The van der Waals surface area contributed by atoms with Crippen LogP contribution in [0.1, 0.15) is 71.5 Å². The zero-order valence-electron chi connectivity index (χ0n) is 23.8. The predicted octanol–water partition coefficient (Wildman–Crippen LogP) is 1.73. The van der Waals surface area contributed by atoms with Crippen molar-refractivity contribution in [1.29, 1.82) is 0 Å². The van der Waals surface area contributed by atoms with Crippen molar-refractivity contribution in [2.24, 2.45) is 5.92 Å². The van der Waals surface area contributed by atoms with Crippen LogP contribution >= 0.6 is 0 Å². The number of hydrogen-bond acceptors (Lipinski definition) is 9. The van der Waals surface area contributed by atoms with Gasteiger partial charge in [0, 0.05) is 25.4 Å². The molecule has 0 spiro atoms. The van der Waals surface area contributed by atoms with Gasteiger partial charge in [0.05, 0.1) is 12.7 Å². The molecule has 222 valence electrons. The molecule has 4 amide bonds. The Kier molecular flexibility index (Phi) is 10.2. The van der Waals surface area contributed by atoms with Crippen molar-refractivity contribution >= 4 is 23.6 Å². The van der Waals surface area contributed by atoms with E-state index in [1.165, 1.54) is 25.8 Å². The second kappa shape index (κ2) is 14.2. The molecule has 3 atom stereocenters. The van der Waals surface area contributed by atoms with E-state index in [1.807, 2.05) is 44.2 Å². The van der Waals surface area contributed by atoms with E-state index in [0.29, 0.717) is 25.8 Å². The van der Waals surface area contributed by atoms with Crippen LogP contribution in [-0.4, -0.2) is 64.3 Å². The molecule has 13 heteroatoms. The summed E-state index contributed by atoms with van der Waals surface area (Å²) >= 11 is 0. The summed E-state index contributed by atoms with van der Waals surface area (Å²) in [6.07, 6.45) is 5.51. The number of hydrogen-bond donors (Lipinski definition) is 4. The van der Waals surface area contributed by atoms with Gasteiger partial charge in [0.25, 0.3) is 11.8 Å². The number of nitrogens with zero attached hydrogens (tertiary/aromatic N) is 3. The first kappa shape index (κ1) is 30.2. The molecule has 2 aromatic heterocycles. The Morgan fingerprint density at radius 1 is 1.07 bits per heavy atom. The number of benzene rings is 1. The summed E-state index contributed by atoms with van der Waals surface area (Å²) in [5.74, 6) is -2.05. The lowest BCUT2D eigenvalue weighted by Crippen LogP contribution is -2.56. The van der Waals surface area contributed by atoms with Crippen LogP contribution in [-0.2, 0) is 16.0 Å². The summed E-state index contributed by atoms with van der Waals surface area (Å²) in [4.78, 5) is 65.0. The van der Waals surface area contributed by atoms with Crippen LogP contribution in [0.2, 0.25) is 0 Å². The molecule has 0 saturated carbocycles. The van der Waals surface area contributed by atoms with Crippen molar-refractivity contribution in [1.82, 2.24) is 36.2 Å². The van der Waals surface area contributed by atoms with E-state index in [2.05, 4.69) is 36.2 Å². The molecular weight excluding hydrogens is 542 g/mol. The molecule has 3 heterocycles. The van der Waals surface area contributed by atoms with Gasteiger partial charge in [0.2, 0.25) is 17.7 Å². The topological polar surface area (TPSA) is 177 Å². The van der Waals surface area contributed by atoms with Crippen molar-refractivity contribution in [3.05, 3.63) is 71.7 Å². The van der Waals surface area contributed by atoms with Crippen LogP contribution < -0.4 is 26.0 Å². The van der Waals surface area contributed by atoms with Crippen molar-refractivity contribution in [2.45, 2.75) is 57.7 Å². The van der Waals surface area contributed by atoms with Gasteiger partial charge in [0.1, 0.15) is 24.4 Å². The first-order valence-corrected chi connectivity index (χ1v) is 13.8. The van der Waals surface area contributed by atoms with Crippen molar-refractivity contribution < 1.29 is 28.3 Å². The quantitative estimate of drug-likeness (QED) is 0.340. The largest absolute Gasteiger partial charge is 0.467 e.